The zero-order valence-corrected chi connectivity index (χ0v) is 13.3. The van der Waals surface area contributed by atoms with Gasteiger partial charge in [0, 0.05) is 37.0 Å². The lowest BCUT2D eigenvalue weighted by Gasteiger charge is -2.00. The summed E-state index contributed by atoms with van der Waals surface area (Å²) in [6.07, 6.45) is 8.09. The van der Waals surface area contributed by atoms with Gasteiger partial charge >= 0.3 is 0 Å². The third kappa shape index (κ3) is 2.64. The lowest BCUT2D eigenvalue weighted by atomic mass is 10.1. The van der Waals surface area contributed by atoms with Gasteiger partial charge in [0.15, 0.2) is 5.82 Å². The fourth-order valence-electron chi connectivity index (χ4n) is 2.42. The molecule has 0 aromatic carbocycles. The average Bonchev–Trinajstić information content (AvgIpc) is 3.02. The highest BCUT2D eigenvalue weighted by Gasteiger charge is 2.17. The van der Waals surface area contributed by atoms with Gasteiger partial charge in [-0.3, -0.25) is 0 Å². The predicted molar refractivity (Wildman–Crippen MR) is 88.8 cm³/mol. The van der Waals surface area contributed by atoms with Crippen molar-refractivity contribution in [2.45, 2.75) is 26.2 Å². The molecule has 2 aromatic rings. The number of hydrogen-bond acceptors (Lipinski definition) is 4. The number of unbranched alkanes of at least 4 members (excludes halogenated alkanes) is 1. The van der Waals surface area contributed by atoms with E-state index in [1.54, 1.807) is 17.0 Å². The second-order valence-electron chi connectivity index (χ2n) is 5.28. The first-order valence-corrected chi connectivity index (χ1v) is 7.64. The molecule has 3 heterocycles. The largest absolute Gasteiger partial charge is 0.493 e. The van der Waals surface area contributed by atoms with Crippen molar-refractivity contribution >= 4 is 35.3 Å². The normalized spacial score (nSPS) is 14.8. The second kappa shape index (κ2) is 5.93. The van der Waals surface area contributed by atoms with Gasteiger partial charge in [-0.25, -0.2) is 15.0 Å². The molecule has 1 aliphatic rings. The summed E-state index contributed by atoms with van der Waals surface area (Å²) in [5.41, 5.74) is 2.25. The molecule has 0 aliphatic carbocycles. The number of aryl methyl sites for hydroxylation is 1. The summed E-state index contributed by atoms with van der Waals surface area (Å²) >= 11 is 6.00. The maximum atomic E-state index is 10.3. The number of aromatic hydroxyl groups is 1. The van der Waals surface area contributed by atoms with Gasteiger partial charge in [-0.05, 0) is 18.6 Å². The summed E-state index contributed by atoms with van der Waals surface area (Å²) in [5, 5.41) is 10.8. The Labute approximate surface area is 134 Å². The molecule has 0 amide bonds. The molecular weight excluding hydrogens is 300 g/mol. The van der Waals surface area contributed by atoms with E-state index in [2.05, 4.69) is 21.9 Å². The van der Waals surface area contributed by atoms with E-state index in [1.807, 2.05) is 19.2 Å². The van der Waals surface area contributed by atoms with Gasteiger partial charge in [0.2, 0.25) is 5.88 Å². The zero-order chi connectivity index (χ0) is 15.7. The van der Waals surface area contributed by atoms with Crippen molar-refractivity contribution in [2.75, 3.05) is 0 Å². The minimum absolute atomic E-state index is 0.162. The van der Waals surface area contributed by atoms with Crippen LogP contribution < -0.4 is 0 Å². The molecule has 0 radical (unpaired) electrons. The minimum Gasteiger partial charge on any atom is -0.493 e. The van der Waals surface area contributed by atoms with Crippen LogP contribution in [0.2, 0.25) is 5.02 Å². The fraction of sp³-hybridized carbons (Fsp3) is 0.312. The number of pyridine rings is 1. The SMILES string of the molecule is CCCCc1nc(/C=C2/C=Nc3ncc(Cl)cc32)c(O)n1C. The van der Waals surface area contributed by atoms with Crippen molar-refractivity contribution in [3.63, 3.8) is 0 Å². The van der Waals surface area contributed by atoms with Crippen LogP contribution in [-0.4, -0.2) is 25.9 Å². The Kier molecular flexibility index (Phi) is 3.98. The molecule has 0 bridgehead atoms. The fourth-order valence-corrected chi connectivity index (χ4v) is 2.58. The smallest absolute Gasteiger partial charge is 0.218 e. The Balaban J connectivity index is 1.98. The molecular formula is C16H17ClN4O. The van der Waals surface area contributed by atoms with Crippen LogP contribution in [0.5, 0.6) is 5.88 Å². The number of aromatic nitrogens is 3. The molecule has 22 heavy (non-hydrogen) atoms. The van der Waals surface area contributed by atoms with E-state index in [4.69, 9.17) is 11.6 Å². The summed E-state index contributed by atoms with van der Waals surface area (Å²) in [4.78, 5) is 13.0. The first-order chi connectivity index (χ1) is 10.6. The number of hydrogen-bond donors (Lipinski definition) is 1. The van der Waals surface area contributed by atoms with E-state index in [9.17, 15) is 5.11 Å². The average molecular weight is 317 g/mol. The lowest BCUT2D eigenvalue weighted by molar-refractivity contribution is 0.427. The van der Waals surface area contributed by atoms with Gasteiger partial charge in [0.1, 0.15) is 11.5 Å². The number of fused-ring (bicyclic) bond motifs is 1. The first kappa shape index (κ1) is 14.8. The first-order valence-electron chi connectivity index (χ1n) is 7.26. The number of nitrogens with zero attached hydrogens (tertiary/aromatic N) is 4. The van der Waals surface area contributed by atoms with Crippen LogP contribution in [0.4, 0.5) is 5.82 Å². The van der Waals surface area contributed by atoms with Crippen LogP contribution in [0.25, 0.3) is 11.6 Å². The highest BCUT2D eigenvalue weighted by Crippen LogP contribution is 2.33. The van der Waals surface area contributed by atoms with E-state index in [0.717, 1.165) is 36.2 Å². The van der Waals surface area contributed by atoms with Crippen LogP contribution in [0.3, 0.4) is 0 Å². The summed E-state index contributed by atoms with van der Waals surface area (Å²) in [7, 11) is 1.82. The van der Waals surface area contributed by atoms with Crippen molar-refractivity contribution in [1.29, 1.82) is 0 Å². The van der Waals surface area contributed by atoms with Crippen molar-refractivity contribution in [3.8, 4) is 5.88 Å². The van der Waals surface area contributed by atoms with Crippen LogP contribution in [0.1, 0.15) is 36.8 Å². The topological polar surface area (TPSA) is 63.3 Å². The summed E-state index contributed by atoms with van der Waals surface area (Å²) in [5.74, 6) is 1.68. The van der Waals surface area contributed by atoms with Gasteiger partial charge in [-0.1, -0.05) is 24.9 Å². The number of rotatable bonds is 4. The molecule has 0 spiro atoms. The highest BCUT2D eigenvalue weighted by molar-refractivity contribution is 6.31. The minimum atomic E-state index is 0.162. The van der Waals surface area contributed by atoms with Gasteiger partial charge in [-0.2, -0.15) is 0 Å². The van der Waals surface area contributed by atoms with Crippen molar-refractivity contribution in [1.82, 2.24) is 14.5 Å². The van der Waals surface area contributed by atoms with E-state index >= 15 is 0 Å². The van der Waals surface area contributed by atoms with Crippen LogP contribution in [-0.2, 0) is 13.5 Å². The van der Waals surface area contributed by atoms with E-state index in [-0.39, 0.29) is 5.88 Å². The molecule has 0 fully saturated rings. The summed E-state index contributed by atoms with van der Waals surface area (Å²) in [6, 6.07) is 1.82. The van der Waals surface area contributed by atoms with Crippen LogP contribution in [0, 0.1) is 0 Å². The summed E-state index contributed by atoms with van der Waals surface area (Å²) in [6.45, 7) is 2.13. The maximum Gasteiger partial charge on any atom is 0.218 e. The molecule has 0 unspecified atom stereocenters. The van der Waals surface area contributed by atoms with E-state index in [0.29, 0.717) is 16.5 Å². The van der Waals surface area contributed by atoms with Crippen LogP contribution in [0.15, 0.2) is 17.3 Å². The molecule has 0 saturated heterocycles. The van der Waals surface area contributed by atoms with Crippen molar-refractivity contribution in [3.05, 3.63) is 34.4 Å². The summed E-state index contributed by atoms with van der Waals surface area (Å²) < 4.78 is 1.73. The Bertz CT molecular complexity index is 777. The van der Waals surface area contributed by atoms with Gasteiger partial charge in [0.25, 0.3) is 0 Å². The quantitative estimate of drug-likeness (QED) is 0.933. The maximum absolute atomic E-state index is 10.3. The Morgan fingerprint density at radius 1 is 1.41 bits per heavy atom. The molecule has 3 rings (SSSR count). The molecule has 0 saturated carbocycles. The predicted octanol–water partition coefficient (Wildman–Crippen LogP) is 3.77. The van der Waals surface area contributed by atoms with Crippen molar-refractivity contribution in [2.24, 2.45) is 12.0 Å². The van der Waals surface area contributed by atoms with E-state index in [1.165, 1.54) is 0 Å². The Morgan fingerprint density at radius 3 is 3.00 bits per heavy atom. The Morgan fingerprint density at radius 2 is 2.23 bits per heavy atom. The number of imidazole rings is 1. The van der Waals surface area contributed by atoms with Gasteiger partial charge < -0.3 is 9.67 Å². The molecule has 6 heteroatoms. The standard InChI is InChI=1S/C16H17ClN4O/c1-3-4-5-14-20-13(16(22)21(14)2)6-10-8-18-15-12(10)7-11(17)9-19-15/h6-9,22H,3-5H2,1-2H3/b10-6-. The molecule has 2 aromatic heterocycles. The highest BCUT2D eigenvalue weighted by atomic mass is 35.5. The lowest BCUT2D eigenvalue weighted by Crippen LogP contribution is -1.97. The zero-order valence-electron chi connectivity index (χ0n) is 12.5. The number of halogens is 1. The third-order valence-corrected chi connectivity index (χ3v) is 3.91. The number of allylic oxidation sites excluding steroid dienone is 1. The molecule has 114 valence electrons. The molecule has 5 nitrogen and oxygen atoms in total. The van der Waals surface area contributed by atoms with Gasteiger partial charge in [0.05, 0.1) is 5.02 Å². The molecule has 1 N–H and O–H groups in total. The third-order valence-electron chi connectivity index (χ3n) is 3.70. The van der Waals surface area contributed by atoms with Crippen LogP contribution >= 0.6 is 11.6 Å². The monoisotopic (exact) mass is 316 g/mol. The molecule has 1 aliphatic heterocycles. The molecule has 0 atom stereocenters. The second-order valence-corrected chi connectivity index (χ2v) is 5.72. The van der Waals surface area contributed by atoms with Crippen molar-refractivity contribution < 1.29 is 5.11 Å². The van der Waals surface area contributed by atoms with Gasteiger partial charge in [-0.15, -0.1) is 0 Å². The van der Waals surface area contributed by atoms with E-state index < -0.39 is 0 Å². The Hall–Kier alpha value is -2.14. The number of aliphatic imine (C=N–C) groups is 1.